The third-order valence-electron chi connectivity index (χ3n) is 4.99. The molecule has 1 heterocycles. The lowest BCUT2D eigenvalue weighted by molar-refractivity contribution is 0.0950. The van der Waals surface area contributed by atoms with E-state index in [4.69, 9.17) is 0 Å². The predicted molar refractivity (Wildman–Crippen MR) is 120 cm³/mol. The number of hydrogen-bond donors (Lipinski definition) is 2. The number of anilines is 3. The molecular weight excluding hydrogens is 360 g/mol. The van der Waals surface area contributed by atoms with Gasteiger partial charge in [-0.05, 0) is 68.3 Å². The first-order valence-electron chi connectivity index (χ1n) is 10.0. The fourth-order valence-corrected chi connectivity index (χ4v) is 3.18. The highest BCUT2D eigenvalue weighted by Crippen LogP contribution is 2.20. The summed E-state index contributed by atoms with van der Waals surface area (Å²) >= 11 is 0. The molecule has 3 aromatic rings. The summed E-state index contributed by atoms with van der Waals surface area (Å²) in [6, 6.07) is 19.9. The SMILES string of the molecule is CCN(CC)c1ccc(Nc2ccc(C(=O)NCc3ccccc3C)cn2)cc1. The predicted octanol–water partition coefficient (Wildman–Crippen LogP) is 4.91. The quantitative estimate of drug-likeness (QED) is 0.576. The van der Waals surface area contributed by atoms with E-state index in [-0.39, 0.29) is 5.91 Å². The van der Waals surface area contributed by atoms with Gasteiger partial charge in [0.05, 0.1) is 5.56 Å². The Bertz CT molecular complexity index is 932. The normalized spacial score (nSPS) is 10.4. The van der Waals surface area contributed by atoms with Crippen molar-refractivity contribution in [1.82, 2.24) is 10.3 Å². The summed E-state index contributed by atoms with van der Waals surface area (Å²) in [5.74, 6) is 0.576. The van der Waals surface area contributed by atoms with Crippen molar-refractivity contribution in [3.63, 3.8) is 0 Å². The molecule has 150 valence electrons. The maximum atomic E-state index is 12.4. The fourth-order valence-electron chi connectivity index (χ4n) is 3.18. The molecule has 0 radical (unpaired) electrons. The average molecular weight is 389 g/mol. The Morgan fingerprint density at radius 3 is 2.31 bits per heavy atom. The van der Waals surface area contributed by atoms with E-state index in [9.17, 15) is 4.79 Å². The molecule has 0 aliphatic rings. The zero-order valence-electron chi connectivity index (χ0n) is 17.3. The third-order valence-corrected chi connectivity index (χ3v) is 4.99. The second-order valence-corrected chi connectivity index (χ2v) is 6.89. The number of carbonyl (C=O) groups is 1. The van der Waals surface area contributed by atoms with Gasteiger partial charge in [0.15, 0.2) is 0 Å². The van der Waals surface area contributed by atoms with Gasteiger partial charge in [0.2, 0.25) is 0 Å². The highest BCUT2D eigenvalue weighted by molar-refractivity contribution is 5.94. The summed E-state index contributed by atoms with van der Waals surface area (Å²) in [6.45, 7) is 8.81. The Labute approximate surface area is 172 Å². The number of carbonyl (C=O) groups excluding carboxylic acids is 1. The molecule has 0 fully saturated rings. The molecule has 0 atom stereocenters. The maximum Gasteiger partial charge on any atom is 0.253 e. The van der Waals surface area contributed by atoms with Crippen LogP contribution in [0.3, 0.4) is 0 Å². The van der Waals surface area contributed by atoms with Crippen LogP contribution in [0.25, 0.3) is 0 Å². The van der Waals surface area contributed by atoms with E-state index in [1.165, 1.54) is 5.69 Å². The number of nitrogens with zero attached hydrogens (tertiary/aromatic N) is 2. The minimum absolute atomic E-state index is 0.129. The summed E-state index contributed by atoms with van der Waals surface area (Å²) in [7, 11) is 0. The van der Waals surface area contributed by atoms with Crippen LogP contribution < -0.4 is 15.5 Å². The number of nitrogens with one attached hydrogen (secondary N) is 2. The number of aryl methyl sites for hydroxylation is 1. The Balaban J connectivity index is 1.58. The molecule has 2 N–H and O–H groups in total. The van der Waals surface area contributed by atoms with Crippen molar-refractivity contribution in [2.24, 2.45) is 0 Å². The lowest BCUT2D eigenvalue weighted by Gasteiger charge is -2.21. The minimum Gasteiger partial charge on any atom is -0.372 e. The molecule has 0 saturated carbocycles. The number of rotatable bonds is 8. The topological polar surface area (TPSA) is 57.3 Å². The Morgan fingerprint density at radius 2 is 1.69 bits per heavy atom. The van der Waals surface area contributed by atoms with E-state index in [0.717, 1.165) is 29.9 Å². The number of benzene rings is 2. The van der Waals surface area contributed by atoms with E-state index in [1.54, 1.807) is 12.3 Å². The van der Waals surface area contributed by atoms with E-state index < -0.39 is 0 Å². The maximum absolute atomic E-state index is 12.4. The second-order valence-electron chi connectivity index (χ2n) is 6.89. The molecule has 0 spiro atoms. The zero-order chi connectivity index (χ0) is 20.6. The van der Waals surface area contributed by atoms with Crippen molar-refractivity contribution < 1.29 is 4.79 Å². The van der Waals surface area contributed by atoms with Gasteiger partial charge in [-0.2, -0.15) is 0 Å². The van der Waals surface area contributed by atoms with Gasteiger partial charge in [-0.15, -0.1) is 0 Å². The van der Waals surface area contributed by atoms with E-state index in [1.807, 2.05) is 49.4 Å². The molecule has 3 rings (SSSR count). The van der Waals surface area contributed by atoms with Gasteiger partial charge in [0.25, 0.3) is 5.91 Å². The van der Waals surface area contributed by atoms with Gasteiger partial charge >= 0.3 is 0 Å². The molecule has 1 amide bonds. The van der Waals surface area contributed by atoms with Gasteiger partial charge in [-0.25, -0.2) is 4.98 Å². The van der Waals surface area contributed by atoms with E-state index in [0.29, 0.717) is 17.9 Å². The van der Waals surface area contributed by atoms with Crippen molar-refractivity contribution in [2.75, 3.05) is 23.3 Å². The molecule has 0 unspecified atom stereocenters. The summed E-state index contributed by atoms with van der Waals surface area (Å²) in [4.78, 5) is 19.1. The molecule has 0 aliphatic carbocycles. The monoisotopic (exact) mass is 388 g/mol. The first-order chi connectivity index (χ1) is 14.1. The zero-order valence-corrected chi connectivity index (χ0v) is 17.3. The van der Waals surface area contributed by atoms with Gasteiger partial charge in [0, 0.05) is 37.2 Å². The summed E-state index contributed by atoms with van der Waals surface area (Å²) in [5, 5.41) is 6.23. The van der Waals surface area contributed by atoms with Crippen LogP contribution in [0.2, 0.25) is 0 Å². The van der Waals surface area contributed by atoms with Crippen molar-refractivity contribution in [3.05, 3.63) is 83.6 Å². The van der Waals surface area contributed by atoms with Crippen LogP contribution >= 0.6 is 0 Å². The van der Waals surface area contributed by atoms with Crippen LogP contribution in [0.5, 0.6) is 0 Å². The molecule has 5 nitrogen and oxygen atoms in total. The minimum atomic E-state index is -0.129. The van der Waals surface area contributed by atoms with E-state index >= 15 is 0 Å². The molecule has 5 heteroatoms. The molecule has 0 bridgehead atoms. The molecule has 2 aromatic carbocycles. The second kappa shape index (κ2) is 9.73. The van der Waals surface area contributed by atoms with Gasteiger partial charge in [0.1, 0.15) is 5.82 Å². The number of amides is 1. The van der Waals surface area contributed by atoms with Gasteiger partial charge < -0.3 is 15.5 Å². The Morgan fingerprint density at radius 1 is 0.966 bits per heavy atom. The van der Waals surface area contributed by atoms with Crippen LogP contribution in [-0.2, 0) is 6.54 Å². The highest BCUT2D eigenvalue weighted by atomic mass is 16.1. The number of aromatic nitrogens is 1. The van der Waals surface area contributed by atoms with Crippen LogP contribution in [0, 0.1) is 6.92 Å². The standard InChI is InChI=1S/C24H28N4O/c1-4-28(5-2)22-13-11-21(12-14-22)27-23-15-10-20(17-25-23)24(29)26-16-19-9-7-6-8-18(19)3/h6-15,17H,4-5,16H2,1-3H3,(H,25,27)(H,26,29). The summed E-state index contributed by atoms with van der Waals surface area (Å²) in [6.07, 6.45) is 1.60. The van der Waals surface area contributed by atoms with Crippen LogP contribution in [0.4, 0.5) is 17.2 Å². The Kier molecular flexibility index (Phi) is 6.85. The molecule has 0 saturated heterocycles. The molecular formula is C24H28N4O. The molecule has 1 aromatic heterocycles. The van der Waals surface area contributed by atoms with Crippen molar-refractivity contribution >= 4 is 23.1 Å². The lowest BCUT2D eigenvalue weighted by Crippen LogP contribution is -2.23. The van der Waals surface area contributed by atoms with Crippen LogP contribution in [0.1, 0.15) is 35.3 Å². The van der Waals surface area contributed by atoms with E-state index in [2.05, 4.69) is 46.5 Å². The smallest absolute Gasteiger partial charge is 0.253 e. The average Bonchev–Trinajstić information content (AvgIpc) is 2.75. The fraction of sp³-hybridized carbons (Fsp3) is 0.250. The number of pyridine rings is 1. The number of hydrogen-bond acceptors (Lipinski definition) is 4. The van der Waals surface area contributed by atoms with Gasteiger partial charge in [-0.1, -0.05) is 24.3 Å². The summed E-state index contributed by atoms with van der Waals surface area (Å²) in [5.41, 5.74) is 4.98. The molecule has 29 heavy (non-hydrogen) atoms. The highest BCUT2D eigenvalue weighted by Gasteiger charge is 2.07. The largest absolute Gasteiger partial charge is 0.372 e. The first kappa shape index (κ1) is 20.4. The third kappa shape index (κ3) is 5.35. The molecule has 0 aliphatic heterocycles. The van der Waals surface area contributed by atoms with Gasteiger partial charge in [-0.3, -0.25) is 4.79 Å². The first-order valence-corrected chi connectivity index (χ1v) is 10.0. The summed E-state index contributed by atoms with van der Waals surface area (Å²) < 4.78 is 0. The Hall–Kier alpha value is -3.34. The van der Waals surface area contributed by atoms with Crippen molar-refractivity contribution in [2.45, 2.75) is 27.3 Å². The van der Waals surface area contributed by atoms with Crippen molar-refractivity contribution in [3.8, 4) is 0 Å². The van der Waals surface area contributed by atoms with Crippen LogP contribution in [-0.4, -0.2) is 24.0 Å². The van der Waals surface area contributed by atoms with Crippen LogP contribution in [0.15, 0.2) is 66.9 Å². The lowest BCUT2D eigenvalue weighted by atomic mass is 10.1. The van der Waals surface area contributed by atoms with Crippen molar-refractivity contribution in [1.29, 1.82) is 0 Å².